The molecule has 1 N–H and O–H groups in total. The Bertz CT molecular complexity index is 848. The van der Waals surface area contributed by atoms with E-state index >= 15 is 0 Å². The molecule has 0 saturated heterocycles. The number of rotatable bonds is 8. The van der Waals surface area contributed by atoms with Crippen molar-refractivity contribution in [2.75, 3.05) is 20.8 Å². The highest BCUT2D eigenvalue weighted by atomic mass is 32.2. The van der Waals surface area contributed by atoms with Gasteiger partial charge in [-0.3, -0.25) is 0 Å². The second-order valence-electron chi connectivity index (χ2n) is 5.53. The largest absolute Gasteiger partial charge is 0.497 e. The van der Waals surface area contributed by atoms with Crippen molar-refractivity contribution >= 4 is 16.0 Å². The van der Waals surface area contributed by atoms with Crippen molar-refractivity contribution in [2.45, 2.75) is 17.9 Å². The first kappa shape index (κ1) is 19.7. The fourth-order valence-corrected chi connectivity index (χ4v) is 3.44. The van der Waals surface area contributed by atoms with Crippen LogP contribution in [0.5, 0.6) is 11.5 Å². The van der Waals surface area contributed by atoms with E-state index in [9.17, 15) is 13.2 Å². The van der Waals surface area contributed by atoms with Gasteiger partial charge < -0.3 is 14.2 Å². The first-order valence-electron chi connectivity index (χ1n) is 7.83. The maximum atomic E-state index is 12.5. The highest BCUT2D eigenvalue weighted by Crippen LogP contribution is 2.17. The lowest BCUT2D eigenvalue weighted by Gasteiger charge is -2.16. The summed E-state index contributed by atoms with van der Waals surface area (Å²) in [6, 6.07) is 12.1. The summed E-state index contributed by atoms with van der Waals surface area (Å²) in [7, 11) is -0.989. The maximum absolute atomic E-state index is 12.5. The van der Waals surface area contributed by atoms with Gasteiger partial charge in [-0.15, -0.1) is 0 Å². The Hall–Kier alpha value is -2.58. The molecule has 2 aromatic carbocycles. The van der Waals surface area contributed by atoms with Crippen molar-refractivity contribution < 1.29 is 27.4 Å². The van der Waals surface area contributed by atoms with Crippen LogP contribution in [-0.2, 0) is 14.8 Å². The lowest BCUT2D eigenvalue weighted by molar-refractivity contribution is 0.0600. The quantitative estimate of drug-likeness (QED) is 0.708. The number of esters is 1. The summed E-state index contributed by atoms with van der Waals surface area (Å²) in [5.74, 6) is 0.707. The second-order valence-corrected chi connectivity index (χ2v) is 7.24. The minimum Gasteiger partial charge on any atom is -0.497 e. The van der Waals surface area contributed by atoms with E-state index in [1.54, 1.807) is 38.3 Å². The summed E-state index contributed by atoms with van der Waals surface area (Å²) in [6.45, 7) is 1.83. The smallest absolute Gasteiger partial charge is 0.337 e. The van der Waals surface area contributed by atoms with Gasteiger partial charge >= 0.3 is 5.97 Å². The van der Waals surface area contributed by atoms with Gasteiger partial charge in [0.2, 0.25) is 10.0 Å². The Kier molecular flexibility index (Phi) is 6.59. The molecule has 0 fully saturated rings. The summed E-state index contributed by atoms with van der Waals surface area (Å²) in [5, 5.41) is 0. The van der Waals surface area contributed by atoms with Gasteiger partial charge in [-0.1, -0.05) is 6.07 Å². The zero-order valence-electron chi connectivity index (χ0n) is 14.8. The van der Waals surface area contributed by atoms with Crippen LogP contribution in [0.3, 0.4) is 0 Å². The van der Waals surface area contributed by atoms with E-state index < -0.39 is 22.0 Å². The standard InChI is InChI=1S/C18H21NO6S/c1-13(12-25-16-9-7-15(23-2)8-10-16)19-26(21,22)17-6-4-5-14(11-17)18(20)24-3/h4-11,13,19H,12H2,1-3H3/t13-/m1/s1. The number of sulfonamides is 1. The van der Waals surface area contributed by atoms with Gasteiger partial charge in [-0.05, 0) is 49.4 Å². The predicted octanol–water partition coefficient (Wildman–Crippen LogP) is 2.23. The van der Waals surface area contributed by atoms with Crippen molar-refractivity contribution in [2.24, 2.45) is 0 Å². The summed E-state index contributed by atoms with van der Waals surface area (Å²) >= 11 is 0. The highest BCUT2D eigenvalue weighted by Gasteiger charge is 2.19. The zero-order valence-corrected chi connectivity index (χ0v) is 15.6. The van der Waals surface area contributed by atoms with Crippen molar-refractivity contribution in [3.8, 4) is 11.5 Å². The van der Waals surface area contributed by atoms with Crippen molar-refractivity contribution in [1.29, 1.82) is 0 Å². The first-order valence-corrected chi connectivity index (χ1v) is 9.31. The number of carbonyl (C=O) groups excluding carboxylic acids is 1. The van der Waals surface area contributed by atoms with Gasteiger partial charge in [0, 0.05) is 0 Å². The van der Waals surface area contributed by atoms with E-state index in [1.807, 2.05) is 0 Å². The Labute approximate surface area is 152 Å². The monoisotopic (exact) mass is 379 g/mol. The van der Waals surface area contributed by atoms with E-state index in [1.165, 1.54) is 31.4 Å². The summed E-state index contributed by atoms with van der Waals surface area (Å²) < 4.78 is 42.7. The molecule has 0 bridgehead atoms. The van der Waals surface area contributed by atoms with E-state index in [0.29, 0.717) is 11.5 Å². The third-order valence-corrected chi connectivity index (χ3v) is 5.07. The van der Waals surface area contributed by atoms with Gasteiger partial charge in [0.15, 0.2) is 0 Å². The molecular formula is C18H21NO6S. The van der Waals surface area contributed by atoms with E-state index in [0.717, 1.165) is 0 Å². The van der Waals surface area contributed by atoms with Crippen LogP contribution in [0.25, 0.3) is 0 Å². The molecule has 26 heavy (non-hydrogen) atoms. The van der Waals surface area contributed by atoms with Crippen LogP contribution >= 0.6 is 0 Å². The van der Waals surface area contributed by atoms with Crippen LogP contribution in [-0.4, -0.2) is 41.3 Å². The Morgan fingerprint density at radius 2 is 1.73 bits per heavy atom. The van der Waals surface area contributed by atoms with E-state index in [-0.39, 0.29) is 17.1 Å². The maximum Gasteiger partial charge on any atom is 0.337 e. The fourth-order valence-electron chi connectivity index (χ4n) is 2.17. The summed E-state index contributed by atoms with van der Waals surface area (Å²) in [5.41, 5.74) is 0.164. The Morgan fingerprint density at radius 3 is 2.35 bits per heavy atom. The molecule has 0 radical (unpaired) electrons. The predicted molar refractivity (Wildman–Crippen MR) is 96.1 cm³/mol. The number of hydrogen-bond donors (Lipinski definition) is 1. The Balaban J connectivity index is 2.00. The van der Waals surface area contributed by atoms with Crippen LogP contribution in [0.15, 0.2) is 53.4 Å². The molecule has 0 aromatic heterocycles. The van der Waals surface area contributed by atoms with Crippen LogP contribution in [0.4, 0.5) is 0 Å². The molecular weight excluding hydrogens is 358 g/mol. The molecule has 0 aliphatic carbocycles. The van der Waals surface area contributed by atoms with Crippen molar-refractivity contribution in [3.63, 3.8) is 0 Å². The van der Waals surface area contributed by atoms with Crippen LogP contribution in [0.2, 0.25) is 0 Å². The van der Waals surface area contributed by atoms with Gasteiger partial charge in [0.1, 0.15) is 18.1 Å². The second kappa shape index (κ2) is 8.68. The van der Waals surface area contributed by atoms with Crippen LogP contribution in [0, 0.1) is 0 Å². The lowest BCUT2D eigenvalue weighted by Crippen LogP contribution is -2.36. The molecule has 0 saturated carbocycles. The summed E-state index contributed by atoms with van der Waals surface area (Å²) in [6.07, 6.45) is 0. The molecule has 0 amide bonds. The molecule has 8 heteroatoms. The molecule has 0 spiro atoms. The van der Waals surface area contributed by atoms with Crippen molar-refractivity contribution in [1.82, 2.24) is 4.72 Å². The first-order chi connectivity index (χ1) is 12.4. The molecule has 0 aliphatic rings. The number of ether oxygens (including phenoxy) is 3. The molecule has 1 atom stereocenters. The minimum absolute atomic E-state index is 0.0169. The SMILES string of the molecule is COC(=O)c1cccc(S(=O)(=O)N[C@H](C)COc2ccc(OC)cc2)c1. The highest BCUT2D eigenvalue weighted by molar-refractivity contribution is 7.89. The van der Waals surface area contributed by atoms with Crippen LogP contribution in [0.1, 0.15) is 17.3 Å². The number of benzene rings is 2. The van der Waals surface area contributed by atoms with Gasteiger partial charge in [0.05, 0.1) is 30.7 Å². The molecule has 0 heterocycles. The van der Waals surface area contributed by atoms with Gasteiger partial charge in [-0.2, -0.15) is 0 Å². The third-order valence-electron chi connectivity index (χ3n) is 3.48. The normalized spacial score (nSPS) is 12.3. The number of carbonyl (C=O) groups is 1. The fraction of sp³-hybridized carbons (Fsp3) is 0.278. The van der Waals surface area contributed by atoms with E-state index in [4.69, 9.17) is 9.47 Å². The number of hydrogen-bond acceptors (Lipinski definition) is 6. The third kappa shape index (κ3) is 5.21. The molecule has 0 aliphatic heterocycles. The lowest BCUT2D eigenvalue weighted by atomic mass is 10.2. The topological polar surface area (TPSA) is 90.9 Å². The van der Waals surface area contributed by atoms with Gasteiger partial charge in [0.25, 0.3) is 0 Å². The zero-order chi connectivity index (χ0) is 19.2. The molecule has 2 aromatic rings. The number of methoxy groups -OCH3 is 2. The van der Waals surface area contributed by atoms with Gasteiger partial charge in [-0.25, -0.2) is 17.9 Å². The minimum atomic E-state index is -3.80. The summed E-state index contributed by atoms with van der Waals surface area (Å²) in [4.78, 5) is 11.5. The average molecular weight is 379 g/mol. The average Bonchev–Trinajstić information content (AvgIpc) is 2.66. The molecule has 0 unspecified atom stereocenters. The molecule has 2 rings (SSSR count). The Morgan fingerprint density at radius 1 is 1.08 bits per heavy atom. The van der Waals surface area contributed by atoms with Crippen LogP contribution < -0.4 is 14.2 Å². The number of nitrogens with one attached hydrogen (secondary N) is 1. The van der Waals surface area contributed by atoms with E-state index in [2.05, 4.69) is 9.46 Å². The molecule has 7 nitrogen and oxygen atoms in total. The van der Waals surface area contributed by atoms with Crippen molar-refractivity contribution in [3.05, 3.63) is 54.1 Å². The molecule has 140 valence electrons.